The van der Waals surface area contributed by atoms with E-state index in [0.717, 1.165) is 53.5 Å². The number of carbonyl (C=O) groups is 1. The molecule has 0 saturated carbocycles. The molecule has 3 aromatic heterocycles. The van der Waals surface area contributed by atoms with E-state index in [1.807, 2.05) is 37.3 Å². The third-order valence-electron chi connectivity index (χ3n) is 6.00. The van der Waals surface area contributed by atoms with Gasteiger partial charge in [-0.05, 0) is 75.2 Å². The van der Waals surface area contributed by atoms with Crippen LogP contribution in [0.25, 0.3) is 33.1 Å². The number of likely N-dealkylation sites (N-methyl/N-ethyl adjacent to an activating group) is 1. The van der Waals surface area contributed by atoms with Crippen molar-refractivity contribution in [3.05, 3.63) is 53.5 Å². The number of hydrogen-bond donors (Lipinski definition) is 2. The van der Waals surface area contributed by atoms with Crippen molar-refractivity contribution in [2.75, 3.05) is 27.2 Å². The monoisotopic (exact) mass is 414 g/mol. The van der Waals surface area contributed by atoms with E-state index in [4.69, 9.17) is 4.98 Å². The van der Waals surface area contributed by atoms with Crippen LogP contribution in [-0.2, 0) is 12.8 Å². The van der Waals surface area contributed by atoms with Crippen molar-refractivity contribution in [3.63, 3.8) is 0 Å². The standard InChI is InChI=1S/C24H26N6O/c1-30(2)12-11-25-24(31)21-8-7-15(13-26-21)23-17-6-4-3-5-16(17)22-18-14-27-29-19(18)9-10-20(22)28-23/h7-10,13-14H,3-6,11-12H2,1-2H3,(H,25,31)(H,27,29). The molecule has 0 aliphatic heterocycles. The number of H-pyrrole nitrogens is 1. The highest BCUT2D eigenvalue weighted by molar-refractivity contribution is 6.07. The van der Waals surface area contributed by atoms with Crippen molar-refractivity contribution in [2.24, 2.45) is 0 Å². The van der Waals surface area contributed by atoms with E-state index in [1.54, 1.807) is 12.3 Å². The van der Waals surface area contributed by atoms with E-state index < -0.39 is 0 Å². The highest BCUT2D eigenvalue weighted by Crippen LogP contribution is 2.37. The van der Waals surface area contributed by atoms with E-state index >= 15 is 0 Å². The molecular formula is C24H26N6O. The molecule has 4 aromatic rings. The van der Waals surface area contributed by atoms with Gasteiger partial charge in [-0.15, -0.1) is 0 Å². The number of nitrogens with zero attached hydrogens (tertiary/aromatic N) is 4. The first-order chi connectivity index (χ1) is 15.1. The summed E-state index contributed by atoms with van der Waals surface area (Å²) in [6.45, 7) is 1.39. The van der Waals surface area contributed by atoms with Crippen LogP contribution in [0, 0.1) is 0 Å². The van der Waals surface area contributed by atoms with Crippen LogP contribution in [0.15, 0.2) is 36.7 Å². The van der Waals surface area contributed by atoms with Crippen molar-refractivity contribution >= 4 is 27.7 Å². The molecule has 1 aromatic carbocycles. The molecule has 5 rings (SSSR count). The number of rotatable bonds is 5. The quantitative estimate of drug-likeness (QED) is 0.523. The van der Waals surface area contributed by atoms with Crippen LogP contribution in [0.5, 0.6) is 0 Å². The molecule has 1 aliphatic rings. The Morgan fingerprint density at radius 3 is 2.71 bits per heavy atom. The molecule has 0 unspecified atom stereocenters. The molecule has 1 amide bonds. The van der Waals surface area contributed by atoms with Gasteiger partial charge in [-0.3, -0.25) is 14.9 Å². The first kappa shape index (κ1) is 19.6. The lowest BCUT2D eigenvalue weighted by atomic mass is 9.86. The third-order valence-corrected chi connectivity index (χ3v) is 6.00. The molecule has 7 nitrogen and oxygen atoms in total. The molecule has 3 heterocycles. The molecule has 7 heteroatoms. The summed E-state index contributed by atoms with van der Waals surface area (Å²) in [7, 11) is 3.96. The summed E-state index contributed by atoms with van der Waals surface area (Å²) in [5.74, 6) is -0.149. The Kier molecular flexibility index (Phi) is 5.11. The Hall–Kier alpha value is -3.32. The molecule has 0 atom stereocenters. The molecule has 0 fully saturated rings. The van der Waals surface area contributed by atoms with Crippen molar-refractivity contribution in [2.45, 2.75) is 25.7 Å². The molecular weight excluding hydrogens is 388 g/mol. The summed E-state index contributed by atoms with van der Waals surface area (Å²) in [6.07, 6.45) is 8.08. The smallest absolute Gasteiger partial charge is 0.269 e. The molecule has 0 saturated heterocycles. The average molecular weight is 415 g/mol. The van der Waals surface area contributed by atoms with Gasteiger partial charge in [-0.25, -0.2) is 4.98 Å². The average Bonchev–Trinajstić information content (AvgIpc) is 3.27. The lowest BCUT2D eigenvalue weighted by Crippen LogP contribution is -2.31. The number of benzene rings is 1. The van der Waals surface area contributed by atoms with Gasteiger partial charge in [0.1, 0.15) is 5.69 Å². The number of nitrogens with one attached hydrogen (secondary N) is 2. The molecule has 0 spiro atoms. The van der Waals surface area contributed by atoms with Gasteiger partial charge in [0.2, 0.25) is 0 Å². The van der Waals surface area contributed by atoms with Crippen LogP contribution < -0.4 is 5.32 Å². The van der Waals surface area contributed by atoms with Crippen molar-refractivity contribution < 1.29 is 4.79 Å². The first-order valence-corrected chi connectivity index (χ1v) is 10.8. The van der Waals surface area contributed by atoms with Crippen LogP contribution in [0.2, 0.25) is 0 Å². The van der Waals surface area contributed by atoms with E-state index in [0.29, 0.717) is 12.2 Å². The number of amides is 1. The maximum Gasteiger partial charge on any atom is 0.269 e. The van der Waals surface area contributed by atoms with Gasteiger partial charge in [0.05, 0.1) is 22.9 Å². The number of fused-ring (bicyclic) bond motifs is 5. The van der Waals surface area contributed by atoms with Crippen molar-refractivity contribution in [3.8, 4) is 11.3 Å². The van der Waals surface area contributed by atoms with Gasteiger partial charge in [0, 0.05) is 35.6 Å². The van der Waals surface area contributed by atoms with Crippen LogP contribution in [0.4, 0.5) is 0 Å². The normalized spacial score (nSPS) is 13.6. The number of aromatic nitrogens is 4. The number of aromatic amines is 1. The molecule has 0 radical (unpaired) electrons. The van der Waals surface area contributed by atoms with Gasteiger partial charge in [0.25, 0.3) is 5.91 Å². The fourth-order valence-corrected chi connectivity index (χ4v) is 4.44. The van der Waals surface area contributed by atoms with E-state index in [9.17, 15) is 4.79 Å². The van der Waals surface area contributed by atoms with Gasteiger partial charge >= 0.3 is 0 Å². The Balaban J connectivity index is 1.53. The van der Waals surface area contributed by atoms with E-state index in [2.05, 4.69) is 26.6 Å². The van der Waals surface area contributed by atoms with E-state index in [-0.39, 0.29) is 5.91 Å². The summed E-state index contributed by atoms with van der Waals surface area (Å²) in [4.78, 5) is 23.9. The Bertz CT molecular complexity index is 1260. The Morgan fingerprint density at radius 1 is 1.10 bits per heavy atom. The van der Waals surface area contributed by atoms with Crippen LogP contribution in [0.3, 0.4) is 0 Å². The predicted molar refractivity (Wildman–Crippen MR) is 122 cm³/mol. The second kappa shape index (κ2) is 8.07. The molecule has 1 aliphatic carbocycles. The minimum atomic E-state index is -0.149. The zero-order chi connectivity index (χ0) is 21.4. The molecule has 31 heavy (non-hydrogen) atoms. The van der Waals surface area contributed by atoms with Crippen molar-refractivity contribution in [1.29, 1.82) is 0 Å². The summed E-state index contributed by atoms with van der Waals surface area (Å²) < 4.78 is 0. The highest BCUT2D eigenvalue weighted by Gasteiger charge is 2.21. The van der Waals surface area contributed by atoms with Crippen LogP contribution >= 0.6 is 0 Å². The van der Waals surface area contributed by atoms with Gasteiger partial charge in [0.15, 0.2) is 0 Å². The predicted octanol–water partition coefficient (Wildman–Crippen LogP) is 3.34. The number of hydrogen-bond acceptors (Lipinski definition) is 5. The maximum absolute atomic E-state index is 12.4. The second-order valence-electron chi connectivity index (χ2n) is 8.41. The van der Waals surface area contributed by atoms with Crippen LogP contribution in [-0.4, -0.2) is 58.2 Å². The highest BCUT2D eigenvalue weighted by atomic mass is 16.1. The largest absolute Gasteiger partial charge is 0.349 e. The maximum atomic E-state index is 12.4. The lowest BCUT2D eigenvalue weighted by Gasteiger charge is -2.21. The topological polar surface area (TPSA) is 86.8 Å². The van der Waals surface area contributed by atoms with Crippen LogP contribution in [0.1, 0.15) is 34.5 Å². The Morgan fingerprint density at radius 2 is 1.94 bits per heavy atom. The minimum absolute atomic E-state index is 0.149. The van der Waals surface area contributed by atoms with Gasteiger partial charge in [-0.1, -0.05) is 0 Å². The number of carbonyl (C=O) groups excluding carboxylic acids is 1. The first-order valence-electron chi connectivity index (χ1n) is 10.8. The molecule has 2 N–H and O–H groups in total. The van der Waals surface area contributed by atoms with E-state index in [1.165, 1.54) is 22.9 Å². The minimum Gasteiger partial charge on any atom is -0.349 e. The summed E-state index contributed by atoms with van der Waals surface area (Å²) >= 11 is 0. The SMILES string of the molecule is CN(C)CCNC(=O)c1ccc(-c2nc3ccc4[nH]ncc4c3c3c2CCCC3)cn1. The summed E-state index contributed by atoms with van der Waals surface area (Å²) in [6, 6.07) is 7.86. The Labute approximate surface area is 180 Å². The summed E-state index contributed by atoms with van der Waals surface area (Å²) in [5, 5.41) is 12.6. The number of aryl methyl sites for hydroxylation is 1. The fourth-order valence-electron chi connectivity index (χ4n) is 4.44. The van der Waals surface area contributed by atoms with Crippen molar-refractivity contribution in [1.82, 2.24) is 30.4 Å². The summed E-state index contributed by atoms with van der Waals surface area (Å²) in [5.41, 5.74) is 7.07. The third kappa shape index (κ3) is 3.65. The number of pyridine rings is 2. The second-order valence-corrected chi connectivity index (χ2v) is 8.41. The lowest BCUT2D eigenvalue weighted by molar-refractivity contribution is 0.0946. The fraction of sp³-hybridized carbons (Fsp3) is 0.333. The van der Waals surface area contributed by atoms with Gasteiger partial charge < -0.3 is 10.2 Å². The zero-order valence-corrected chi connectivity index (χ0v) is 17.9. The van der Waals surface area contributed by atoms with Gasteiger partial charge in [-0.2, -0.15) is 5.10 Å². The molecule has 0 bridgehead atoms. The zero-order valence-electron chi connectivity index (χ0n) is 17.9. The molecule has 158 valence electrons.